The Morgan fingerprint density at radius 1 is 0.929 bits per heavy atom. The number of hydrogen-bond donors (Lipinski definition) is 1. The van der Waals surface area contributed by atoms with Crippen molar-refractivity contribution in [2.24, 2.45) is 7.05 Å². The molecule has 1 N–H and O–H groups in total. The van der Waals surface area contributed by atoms with Gasteiger partial charge in [0.25, 0.3) is 0 Å². The summed E-state index contributed by atoms with van der Waals surface area (Å²) in [4.78, 5) is 4.74. The number of aromatic nitrogens is 2. The number of ether oxygens (including phenoxy) is 3. The number of methoxy groups -OCH3 is 3. The van der Waals surface area contributed by atoms with Gasteiger partial charge in [0.1, 0.15) is 0 Å². The molecule has 0 aliphatic carbocycles. The Kier molecular flexibility index (Phi) is 4.57. The van der Waals surface area contributed by atoms with Crippen molar-refractivity contribution in [2.75, 3.05) is 21.3 Å². The summed E-state index contributed by atoms with van der Waals surface area (Å²) < 4.78 is 18.7. The molecule has 0 atom stereocenters. The van der Waals surface area contributed by atoms with Crippen molar-refractivity contribution in [3.05, 3.63) is 48.2 Å². The number of rotatable bonds is 5. The Morgan fingerprint density at radius 2 is 1.68 bits per heavy atom. The highest BCUT2D eigenvalue weighted by Gasteiger charge is 2.22. The number of para-hydroxylation sites is 1. The maximum Gasteiger partial charge on any atom is 0.203 e. The zero-order valence-electron chi connectivity index (χ0n) is 16.3. The van der Waals surface area contributed by atoms with Crippen LogP contribution in [0.2, 0.25) is 0 Å². The van der Waals surface area contributed by atoms with Crippen molar-refractivity contribution < 1.29 is 19.3 Å². The van der Waals surface area contributed by atoms with Crippen molar-refractivity contribution in [2.45, 2.75) is 6.61 Å². The molecular formula is C22H22N2O4. The third-order valence-electron chi connectivity index (χ3n) is 5.06. The zero-order chi connectivity index (χ0) is 19.8. The van der Waals surface area contributed by atoms with Crippen molar-refractivity contribution >= 4 is 21.8 Å². The van der Waals surface area contributed by atoms with Gasteiger partial charge in [0.15, 0.2) is 11.5 Å². The van der Waals surface area contributed by atoms with E-state index in [2.05, 4.69) is 16.7 Å². The van der Waals surface area contributed by atoms with E-state index in [9.17, 15) is 5.11 Å². The fraction of sp³-hybridized carbons (Fsp3) is 0.227. The van der Waals surface area contributed by atoms with E-state index >= 15 is 0 Å². The van der Waals surface area contributed by atoms with Crippen molar-refractivity contribution in [1.82, 2.24) is 9.55 Å². The van der Waals surface area contributed by atoms with Crippen LogP contribution in [0.4, 0.5) is 0 Å². The molecule has 0 aliphatic rings. The van der Waals surface area contributed by atoms with Crippen molar-refractivity contribution in [3.8, 4) is 28.5 Å². The second kappa shape index (κ2) is 7.05. The van der Waals surface area contributed by atoms with Gasteiger partial charge in [0.05, 0.1) is 44.8 Å². The molecule has 0 amide bonds. The van der Waals surface area contributed by atoms with Crippen LogP contribution >= 0.6 is 0 Å². The largest absolute Gasteiger partial charge is 0.493 e. The Morgan fingerprint density at radius 3 is 2.36 bits per heavy atom. The average molecular weight is 378 g/mol. The molecule has 144 valence electrons. The fourth-order valence-electron chi connectivity index (χ4n) is 3.81. The van der Waals surface area contributed by atoms with Crippen LogP contribution < -0.4 is 14.2 Å². The summed E-state index contributed by atoms with van der Waals surface area (Å²) in [6, 6.07) is 13.8. The Bertz CT molecular complexity index is 1180. The maximum absolute atomic E-state index is 9.81. The highest BCUT2D eigenvalue weighted by molar-refractivity contribution is 6.12. The number of aliphatic hydroxyl groups excluding tert-OH is 1. The normalized spacial score (nSPS) is 11.2. The molecular weight excluding hydrogens is 356 g/mol. The van der Waals surface area contributed by atoms with Crippen LogP contribution in [-0.4, -0.2) is 36.0 Å². The molecule has 0 fully saturated rings. The van der Waals surface area contributed by atoms with Crippen molar-refractivity contribution in [1.29, 1.82) is 0 Å². The SMILES string of the molecule is COc1ccc(-c2nc(CO)cc3c4ccccc4n(C)c23)c(OC)c1OC. The van der Waals surface area contributed by atoms with E-state index < -0.39 is 0 Å². The summed E-state index contributed by atoms with van der Waals surface area (Å²) in [5.74, 6) is 1.62. The van der Waals surface area contributed by atoms with E-state index in [4.69, 9.17) is 19.2 Å². The van der Waals surface area contributed by atoms with Gasteiger partial charge in [-0.3, -0.25) is 0 Å². The smallest absolute Gasteiger partial charge is 0.203 e. The van der Waals surface area contributed by atoms with Gasteiger partial charge in [0, 0.05) is 28.9 Å². The van der Waals surface area contributed by atoms with Crippen LogP contribution in [-0.2, 0) is 13.7 Å². The third kappa shape index (κ3) is 2.57. The maximum atomic E-state index is 9.81. The zero-order valence-corrected chi connectivity index (χ0v) is 16.3. The third-order valence-corrected chi connectivity index (χ3v) is 5.06. The molecule has 2 heterocycles. The first kappa shape index (κ1) is 18.1. The molecule has 0 saturated heterocycles. The second-order valence-electron chi connectivity index (χ2n) is 6.47. The Labute approximate surface area is 162 Å². The van der Waals surface area contributed by atoms with E-state index in [0.29, 0.717) is 22.9 Å². The van der Waals surface area contributed by atoms with Gasteiger partial charge in [-0.15, -0.1) is 0 Å². The molecule has 0 bridgehead atoms. The van der Waals surface area contributed by atoms with Gasteiger partial charge in [-0.05, 0) is 24.3 Å². The Balaban J connectivity index is 2.15. The molecule has 4 aromatic rings. The van der Waals surface area contributed by atoms with Crippen LogP contribution in [0, 0.1) is 0 Å². The fourth-order valence-corrected chi connectivity index (χ4v) is 3.81. The van der Waals surface area contributed by atoms with E-state index in [1.807, 2.05) is 37.4 Å². The molecule has 0 radical (unpaired) electrons. The van der Waals surface area contributed by atoms with Crippen LogP contribution in [0.25, 0.3) is 33.1 Å². The van der Waals surface area contributed by atoms with E-state index in [1.54, 1.807) is 21.3 Å². The lowest BCUT2D eigenvalue weighted by Crippen LogP contribution is -2.01. The Hall–Kier alpha value is -3.25. The summed E-state index contributed by atoms with van der Waals surface area (Å²) in [7, 11) is 6.77. The monoisotopic (exact) mass is 378 g/mol. The molecule has 0 spiro atoms. The van der Waals surface area contributed by atoms with Crippen LogP contribution in [0.15, 0.2) is 42.5 Å². The lowest BCUT2D eigenvalue weighted by Gasteiger charge is -2.17. The lowest BCUT2D eigenvalue weighted by molar-refractivity contribution is 0.277. The van der Waals surface area contributed by atoms with E-state index in [0.717, 1.165) is 33.1 Å². The van der Waals surface area contributed by atoms with Gasteiger partial charge in [-0.1, -0.05) is 18.2 Å². The minimum absolute atomic E-state index is 0.151. The quantitative estimate of drug-likeness (QED) is 0.570. The first-order valence-corrected chi connectivity index (χ1v) is 8.91. The molecule has 2 aromatic heterocycles. The number of hydrogen-bond acceptors (Lipinski definition) is 5. The topological polar surface area (TPSA) is 65.7 Å². The van der Waals surface area contributed by atoms with Gasteiger partial charge in [-0.25, -0.2) is 4.98 Å². The number of aryl methyl sites for hydroxylation is 1. The van der Waals surface area contributed by atoms with Crippen LogP contribution in [0.5, 0.6) is 17.2 Å². The van der Waals surface area contributed by atoms with Gasteiger partial charge in [0.2, 0.25) is 5.75 Å². The molecule has 6 heteroatoms. The first-order valence-electron chi connectivity index (χ1n) is 8.91. The summed E-state index contributed by atoms with van der Waals surface area (Å²) in [6.07, 6.45) is 0. The minimum Gasteiger partial charge on any atom is -0.493 e. The predicted molar refractivity (Wildman–Crippen MR) is 109 cm³/mol. The molecule has 6 nitrogen and oxygen atoms in total. The molecule has 0 saturated carbocycles. The van der Waals surface area contributed by atoms with Crippen molar-refractivity contribution in [3.63, 3.8) is 0 Å². The average Bonchev–Trinajstić information content (AvgIpc) is 3.04. The number of benzene rings is 2. The second-order valence-corrected chi connectivity index (χ2v) is 6.47. The van der Waals surface area contributed by atoms with E-state index in [-0.39, 0.29) is 6.61 Å². The lowest BCUT2D eigenvalue weighted by atomic mass is 10.0. The summed E-state index contributed by atoms with van der Waals surface area (Å²) >= 11 is 0. The molecule has 2 aromatic carbocycles. The first-order chi connectivity index (χ1) is 13.6. The number of nitrogens with zero attached hydrogens (tertiary/aromatic N) is 2. The van der Waals surface area contributed by atoms with Gasteiger partial charge >= 0.3 is 0 Å². The molecule has 4 rings (SSSR count). The number of aliphatic hydroxyl groups is 1. The summed E-state index contributed by atoms with van der Waals surface area (Å²) in [6.45, 7) is -0.151. The van der Waals surface area contributed by atoms with Crippen LogP contribution in [0.1, 0.15) is 5.69 Å². The van der Waals surface area contributed by atoms with Gasteiger partial charge < -0.3 is 23.9 Å². The van der Waals surface area contributed by atoms with Crippen LogP contribution in [0.3, 0.4) is 0 Å². The summed E-state index contributed by atoms with van der Waals surface area (Å²) in [5.41, 5.74) is 4.14. The highest BCUT2D eigenvalue weighted by atomic mass is 16.5. The standard InChI is InChI=1S/C22H22N2O4/c1-24-17-8-6-5-7-14(17)16-11-13(12-25)23-19(20(16)24)15-9-10-18(26-2)22(28-4)21(15)27-3/h5-11,25H,12H2,1-4H3. The molecule has 28 heavy (non-hydrogen) atoms. The molecule has 0 aliphatic heterocycles. The highest BCUT2D eigenvalue weighted by Crippen LogP contribution is 2.46. The number of pyridine rings is 1. The molecule has 0 unspecified atom stereocenters. The summed E-state index contributed by atoms with van der Waals surface area (Å²) in [5, 5.41) is 12.0. The van der Waals surface area contributed by atoms with Gasteiger partial charge in [-0.2, -0.15) is 0 Å². The number of fused-ring (bicyclic) bond motifs is 3. The minimum atomic E-state index is -0.151. The van der Waals surface area contributed by atoms with E-state index in [1.165, 1.54) is 0 Å². The predicted octanol–water partition coefficient (Wildman–Crippen LogP) is 3.91.